The lowest BCUT2D eigenvalue weighted by Crippen LogP contribution is -2.17. The Morgan fingerprint density at radius 1 is 1.33 bits per heavy atom. The second-order valence-corrected chi connectivity index (χ2v) is 5.13. The van der Waals surface area contributed by atoms with Gasteiger partial charge < -0.3 is 10.1 Å². The van der Waals surface area contributed by atoms with Crippen LogP contribution in [0.3, 0.4) is 0 Å². The summed E-state index contributed by atoms with van der Waals surface area (Å²) >= 11 is 7.04. The minimum Gasteiger partial charge on any atom is -0.385 e. The maximum absolute atomic E-state index is 5.05. The highest BCUT2D eigenvalue weighted by Crippen LogP contribution is 2.31. The number of anilines is 1. The molecule has 1 aromatic carbocycles. The van der Waals surface area contributed by atoms with Crippen molar-refractivity contribution < 1.29 is 4.74 Å². The predicted molar refractivity (Wildman–Crippen MR) is 71.4 cm³/mol. The van der Waals surface area contributed by atoms with Crippen LogP contribution in [0.5, 0.6) is 0 Å². The number of nitrogens with one attached hydrogen (secondary N) is 1. The number of benzene rings is 1. The Morgan fingerprint density at radius 2 is 1.93 bits per heavy atom. The molecule has 84 valence electrons. The Balaban J connectivity index is 2.63. The Kier molecular flexibility index (Phi) is 5.64. The van der Waals surface area contributed by atoms with Crippen LogP contribution in [0.1, 0.15) is 13.3 Å². The Morgan fingerprint density at radius 3 is 2.47 bits per heavy atom. The molecule has 0 aliphatic rings. The van der Waals surface area contributed by atoms with Crippen molar-refractivity contribution in [3.05, 3.63) is 27.1 Å². The van der Waals surface area contributed by atoms with E-state index < -0.39 is 0 Å². The molecule has 1 atom stereocenters. The highest BCUT2D eigenvalue weighted by atomic mass is 79.9. The van der Waals surface area contributed by atoms with Crippen LogP contribution in [0.25, 0.3) is 0 Å². The van der Waals surface area contributed by atoms with E-state index in [0.29, 0.717) is 6.04 Å². The molecule has 4 heteroatoms. The Hall–Kier alpha value is -0.0600. The van der Waals surface area contributed by atoms with Gasteiger partial charge in [0.1, 0.15) is 0 Å². The van der Waals surface area contributed by atoms with Gasteiger partial charge in [-0.2, -0.15) is 0 Å². The number of halogens is 2. The van der Waals surface area contributed by atoms with Gasteiger partial charge in [-0.3, -0.25) is 0 Å². The first-order chi connectivity index (χ1) is 7.15. The second kappa shape index (κ2) is 6.51. The van der Waals surface area contributed by atoms with Crippen molar-refractivity contribution >= 4 is 37.5 Å². The lowest BCUT2D eigenvalue weighted by molar-refractivity contribution is 0.191. The molecule has 0 aliphatic carbocycles. The van der Waals surface area contributed by atoms with Crippen LogP contribution < -0.4 is 5.32 Å². The van der Waals surface area contributed by atoms with E-state index in [0.717, 1.165) is 27.7 Å². The van der Waals surface area contributed by atoms with Crippen molar-refractivity contribution in [1.29, 1.82) is 0 Å². The van der Waals surface area contributed by atoms with Crippen molar-refractivity contribution in [2.24, 2.45) is 0 Å². The van der Waals surface area contributed by atoms with Gasteiger partial charge in [0.05, 0.1) is 5.69 Å². The van der Waals surface area contributed by atoms with Gasteiger partial charge >= 0.3 is 0 Å². The number of hydrogen-bond donors (Lipinski definition) is 1. The lowest BCUT2D eigenvalue weighted by Gasteiger charge is -2.17. The van der Waals surface area contributed by atoms with Gasteiger partial charge in [0.25, 0.3) is 0 Å². The van der Waals surface area contributed by atoms with Crippen molar-refractivity contribution in [2.45, 2.75) is 19.4 Å². The quantitative estimate of drug-likeness (QED) is 0.875. The molecule has 0 aromatic heterocycles. The molecule has 0 fully saturated rings. The summed E-state index contributed by atoms with van der Waals surface area (Å²) in [5.74, 6) is 0. The van der Waals surface area contributed by atoms with Crippen molar-refractivity contribution in [2.75, 3.05) is 19.0 Å². The molecule has 0 spiro atoms. The maximum Gasteiger partial charge on any atom is 0.0631 e. The topological polar surface area (TPSA) is 21.3 Å². The van der Waals surface area contributed by atoms with E-state index in [1.54, 1.807) is 7.11 Å². The third-order valence-electron chi connectivity index (χ3n) is 2.11. The average molecular weight is 337 g/mol. The minimum absolute atomic E-state index is 0.389. The first kappa shape index (κ1) is 13.0. The standard InChI is InChI=1S/C11H15Br2NO/c1-8(6-7-15-2)14-11-9(12)4-3-5-10(11)13/h3-5,8,14H,6-7H2,1-2H3. The molecular weight excluding hydrogens is 322 g/mol. The lowest BCUT2D eigenvalue weighted by atomic mass is 10.2. The zero-order valence-electron chi connectivity index (χ0n) is 8.89. The molecule has 0 aliphatic heterocycles. The van der Waals surface area contributed by atoms with E-state index in [4.69, 9.17) is 4.74 Å². The second-order valence-electron chi connectivity index (χ2n) is 3.42. The largest absolute Gasteiger partial charge is 0.385 e. The number of hydrogen-bond acceptors (Lipinski definition) is 2. The van der Waals surface area contributed by atoms with Crippen LogP contribution in [0.15, 0.2) is 27.1 Å². The average Bonchev–Trinajstić information content (AvgIpc) is 2.21. The number of methoxy groups -OCH3 is 1. The van der Waals surface area contributed by atoms with Gasteiger partial charge in [0.2, 0.25) is 0 Å². The summed E-state index contributed by atoms with van der Waals surface area (Å²) in [4.78, 5) is 0. The van der Waals surface area contributed by atoms with E-state index in [1.807, 2.05) is 18.2 Å². The molecule has 2 nitrogen and oxygen atoms in total. The van der Waals surface area contributed by atoms with Gasteiger partial charge in [-0.05, 0) is 57.3 Å². The number of rotatable bonds is 5. The van der Waals surface area contributed by atoms with Gasteiger partial charge in [-0.1, -0.05) is 6.07 Å². The van der Waals surface area contributed by atoms with E-state index in [1.165, 1.54) is 0 Å². The third-order valence-corrected chi connectivity index (χ3v) is 3.43. The summed E-state index contributed by atoms with van der Waals surface area (Å²) < 4.78 is 7.19. The monoisotopic (exact) mass is 335 g/mol. The first-order valence-corrected chi connectivity index (χ1v) is 6.43. The fourth-order valence-corrected chi connectivity index (χ4v) is 2.48. The number of ether oxygens (including phenoxy) is 1. The van der Waals surface area contributed by atoms with Crippen LogP contribution in [0.2, 0.25) is 0 Å². The summed E-state index contributed by atoms with van der Waals surface area (Å²) in [6.07, 6.45) is 0.990. The van der Waals surface area contributed by atoms with Gasteiger partial charge in [0.15, 0.2) is 0 Å². The molecule has 0 saturated heterocycles. The van der Waals surface area contributed by atoms with E-state index in [9.17, 15) is 0 Å². The normalized spacial score (nSPS) is 12.5. The smallest absolute Gasteiger partial charge is 0.0631 e. The van der Waals surface area contributed by atoms with Crippen LogP contribution >= 0.6 is 31.9 Å². The van der Waals surface area contributed by atoms with Gasteiger partial charge in [0, 0.05) is 28.7 Å². The zero-order valence-corrected chi connectivity index (χ0v) is 12.1. The maximum atomic E-state index is 5.05. The fraction of sp³-hybridized carbons (Fsp3) is 0.455. The summed E-state index contributed by atoms with van der Waals surface area (Å²) in [6.45, 7) is 2.92. The highest BCUT2D eigenvalue weighted by molar-refractivity contribution is 9.11. The third kappa shape index (κ3) is 4.13. The molecular formula is C11H15Br2NO. The molecule has 1 aromatic rings. The van der Waals surface area contributed by atoms with Crippen LogP contribution in [-0.2, 0) is 4.74 Å². The molecule has 0 heterocycles. The molecule has 0 amide bonds. The van der Waals surface area contributed by atoms with E-state index >= 15 is 0 Å². The molecule has 0 bridgehead atoms. The van der Waals surface area contributed by atoms with Crippen molar-refractivity contribution in [3.63, 3.8) is 0 Å². The van der Waals surface area contributed by atoms with Gasteiger partial charge in [-0.25, -0.2) is 0 Å². The fourth-order valence-electron chi connectivity index (χ4n) is 1.25. The summed E-state index contributed by atoms with van der Waals surface area (Å²) in [7, 11) is 1.72. The molecule has 0 radical (unpaired) electrons. The highest BCUT2D eigenvalue weighted by Gasteiger charge is 2.07. The first-order valence-electron chi connectivity index (χ1n) is 4.84. The Labute approximate surface area is 108 Å². The summed E-state index contributed by atoms with van der Waals surface area (Å²) in [5, 5.41) is 3.44. The predicted octanol–water partition coefficient (Wildman–Crippen LogP) is 4.05. The summed E-state index contributed by atoms with van der Waals surface area (Å²) in [5.41, 5.74) is 1.10. The molecule has 1 rings (SSSR count). The van der Waals surface area contributed by atoms with E-state index in [-0.39, 0.29) is 0 Å². The molecule has 0 saturated carbocycles. The van der Waals surface area contributed by atoms with Crippen molar-refractivity contribution in [1.82, 2.24) is 0 Å². The summed E-state index contributed by atoms with van der Waals surface area (Å²) in [6, 6.07) is 6.44. The molecule has 15 heavy (non-hydrogen) atoms. The SMILES string of the molecule is COCCC(C)Nc1c(Br)cccc1Br. The van der Waals surface area contributed by atoms with Crippen LogP contribution in [0, 0.1) is 0 Å². The van der Waals surface area contributed by atoms with Gasteiger partial charge in [-0.15, -0.1) is 0 Å². The van der Waals surface area contributed by atoms with E-state index in [2.05, 4.69) is 44.1 Å². The molecule has 1 N–H and O–H groups in total. The number of para-hydroxylation sites is 1. The minimum atomic E-state index is 0.389. The zero-order chi connectivity index (χ0) is 11.3. The Bertz CT molecular complexity index is 297. The van der Waals surface area contributed by atoms with Crippen molar-refractivity contribution in [3.8, 4) is 0 Å². The van der Waals surface area contributed by atoms with Crippen LogP contribution in [-0.4, -0.2) is 19.8 Å². The molecule has 1 unspecified atom stereocenters. The van der Waals surface area contributed by atoms with Crippen LogP contribution in [0.4, 0.5) is 5.69 Å².